The van der Waals surface area contributed by atoms with Crippen LogP contribution in [0.25, 0.3) is 0 Å². The van der Waals surface area contributed by atoms with E-state index < -0.39 is 0 Å². The highest BCUT2D eigenvalue weighted by atomic mass is 32.1. The molecule has 0 aliphatic carbocycles. The molecule has 4 rings (SSSR count). The minimum absolute atomic E-state index is 0.0207. The van der Waals surface area contributed by atoms with E-state index in [9.17, 15) is 9.59 Å². The smallest absolute Gasteiger partial charge is 0.254 e. The Labute approximate surface area is 206 Å². The largest absolute Gasteiger partial charge is 0.497 e. The van der Waals surface area contributed by atoms with E-state index in [4.69, 9.17) is 4.74 Å². The summed E-state index contributed by atoms with van der Waals surface area (Å²) in [6, 6.07) is 17.4. The van der Waals surface area contributed by atoms with E-state index in [0.29, 0.717) is 24.4 Å². The first-order valence-corrected chi connectivity index (χ1v) is 12.6. The number of nitrogens with zero attached hydrogens (tertiary/aromatic N) is 2. The highest BCUT2D eigenvalue weighted by molar-refractivity contribution is 7.10. The van der Waals surface area contributed by atoms with Gasteiger partial charge in [-0.25, -0.2) is 0 Å². The normalized spacial score (nSPS) is 15.2. The average molecular weight is 477 g/mol. The van der Waals surface area contributed by atoms with E-state index in [-0.39, 0.29) is 30.3 Å². The van der Waals surface area contributed by atoms with Crippen molar-refractivity contribution in [2.75, 3.05) is 26.7 Å². The second-order valence-corrected chi connectivity index (χ2v) is 10.2. The number of carbonyl (C=O) groups is 2. The molecule has 178 valence electrons. The predicted octanol–water partition coefficient (Wildman–Crippen LogP) is 5.34. The third-order valence-corrected chi connectivity index (χ3v) is 7.30. The van der Waals surface area contributed by atoms with Crippen molar-refractivity contribution in [2.45, 2.75) is 33.2 Å². The molecule has 0 bridgehead atoms. The van der Waals surface area contributed by atoms with Crippen LogP contribution in [0.3, 0.4) is 0 Å². The summed E-state index contributed by atoms with van der Waals surface area (Å²) in [5.41, 5.74) is 4.07. The topological polar surface area (TPSA) is 49.9 Å². The molecule has 0 N–H and O–H groups in total. The molecular formula is C28H32N2O3S. The standard InChI is InChI=1S/C28H32N2O3S/c1-19(2)17-29(28(32)21-9-11-22(33-4)12-10-21)18-26(31)30-15-13-25-24(14-16-34-25)27(30)23-8-6-5-7-20(23)3/h5-12,14,16,19,27H,13,15,17-18H2,1-4H3. The number of amides is 2. The molecule has 1 unspecified atom stereocenters. The first-order chi connectivity index (χ1) is 16.4. The van der Waals surface area contributed by atoms with Gasteiger partial charge in [0, 0.05) is 23.5 Å². The lowest BCUT2D eigenvalue weighted by Crippen LogP contribution is -2.47. The second-order valence-electron chi connectivity index (χ2n) is 9.20. The number of rotatable bonds is 7. The van der Waals surface area contributed by atoms with Crippen molar-refractivity contribution in [2.24, 2.45) is 5.92 Å². The number of methoxy groups -OCH3 is 1. The summed E-state index contributed by atoms with van der Waals surface area (Å²) in [5.74, 6) is 0.786. The van der Waals surface area contributed by atoms with Crippen molar-refractivity contribution >= 4 is 23.2 Å². The van der Waals surface area contributed by atoms with Gasteiger partial charge in [0.1, 0.15) is 12.3 Å². The summed E-state index contributed by atoms with van der Waals surface area (Å²) in [6.45, 7) is 7.45. The molecule has 34 heavy (non-hydrogen) atoms. The number of hydrogen-bond acceptors (Lipinski definition) is 4. The Morgan fingerprint density at radius 2 is 1.82 bits per heavy atom. The SMILES string of the molecule is COc1ccc(C(=O)N(CC(=O)N2CCc3sccc3C2c2ccccc2C)CC(C)C)cc1. The lowest BCUT2D eigenvalue weighted by Gasteiger charge is -2.38. The fourth-order valence-corrected chi connectivity index (χ4v) is 5.55. The quantitative estimate of drug-likeness (QED) is 0.463. The molecule has 3 aromatic rings. The number of benzene rings is 2. The molecular weight excluding hydrogens is 444 g/mol. The van der Waals surface area contributed by atoms with Gasteiger partial charge in [0.2, 0.25) is 5.91 Å². The highest BCUT2D eigenvalue weighted by Crippen LogP contribution is 2.39. The Bertz CT molecular complexity index is 1150. The van der Waals surface area contributed by atoms with Crippen LogP contribution < -0.4 is 4.74 Å². The molecule has 0 spiro atoms. The van der Waals surface area contributed by atoms with Gasteiger partial charge in [0.15, 0.2) is 0 Å². The van der Waals surface area contributed by atoms with Gasteiger partial charge in [-0.15, -0.1) is 11.3 Å². The number of ether oxygens (including phenoxy) is 1. The van der Waals surface area contributed by atoms with Gasteiger partial charge >= 0.3 is 0 Å². The van der Waals surface area contributed by atoms with E-state index in [0.717, 1.165) is 17.5 Å². The van der Waals surface area contributed by atoms with Crippen LogP contribution in [0.2, 0.25) is 0 Å². The molecule has 5 nitrogen and oxygen atoms in total. The zero-order valence-electron chi connectivity index (χ0n) is 20.3. The minimum atomic E-state index is -0.134. The second kappa shape index (κ2) is 10.4. The van der Waals surface area contributed by atoms with Crippen LogP contribution in [0.15, 0.2) is 60.0 Å². The lowest BCUT2D eigenvalue weighted by molar-refractivity contribution is -0.134. The summed E-state index contributed by atoms with van der Waals surface area (Å²) < 4.78 is 5.22. The number of aryl methyl sites for hydroxylation is 1. The Kier molecular flexibility index (Phi) is 7.37. The Hall–Kier alpha value is -3.12. The van der Waals surface area contributed by atoms with Crippen LogP contribution in [0.4, 0.5) is 0 Å². The van der Waals surface area contributed by atoms with Crippen LogP contribution in [0.5, 0.6) is 5.75 Å². The van der Waals surface area contributed by atoms with Crippen molar-refractivity contribution in [3.8, 4) is 5.75 Å². The zero-order chi connectivity index (χ0) is 24.2. The number of fused-ring (bicyclic) bond motifs is 1. The van der Waals surface area contributed by atoms with Crippen LogP contribution in [-0.4, -0.2) is 48.4 Å². The molecule has 1 aliphatic heterocycles. The van der Waals surface area contributed by atoms with Crippen molar-refractivity contribution in [3.05, 3.63) is 87.1 Å². The Balaban J connectivity index is 1.62. The Morgan fingerprint density at radius 1 is 1.09 bits per heavy atom. The molecule has 0 fully saturated rings. The first kappa shape index (κ1) is 24.0. The summed E-state index contributed by atoms with van der Waals surface area (Å²) in [6.07, 6.45) is 0.845. The summed E-state index contributed by atoms with van der Waals surface area (Å²) in [5, 5.41) is 2.11. The highest BCUT2D eigenvalue weighted by Gasteiger charge is 2.34. The van der Waals surface area contributed by atoms with Crippen LogP contribution in [0.1, 0.15) is 51.8 Å². The molecule has 1 aliphatic rings. The molecule has 2 heterocycles. The van der Waals surface area contributed by atoms with Gasteiger partial charge in [-0.2, -0.15) is 0 Å². The maximum absolute atomic E-state index is 13.8. The summed E-state index contributed by atoms with van der Waals surface area (Å²) in [4.78, 5) is 32.1. The van der Waals surface area contributed by atoms with Crippen LogP contribution >= 0.6 is 11.3 Å². The van der Waals surface area contributed by atoms with Crippen LogP contribution in [0, 0.1) is 12.8 Å². The molecule has 0 saturated carbocycles. The molecule has 1 atom stereocenters. The molecule has 6 heteroatoms. The lowest BCUT2D eigenvalue weighted by atomic mass is 9.90. The van der Waals surface area contributed by atoms with Gasteiger partial charge in [0.05, 0.1) is 13.2 Å². The predicted molar refractivity (Wildman–Crippen MR) is 136 cm³/mol. The number of hydrogen-bond donors (Lipinski definition) is 0. The van der Waals surface area contributed by atoms with Crippen molar-refractivity contribution in [3.63, 3.8) is 0 Å². The van der Waals surface area contributed by atoms with E-state index in [1.807, 2.05) is 17.0 Å². The van der Waals surface area contributed by atoms with Gasteiger partial charge < -0.3 is 14.5 Å². The maximum atomic E-state index is 13.8. The van der Waals surface area contributed by atoms with E-state index in [1.54, 1.807) is 47.6 Å². The zero-order valence-corrected chi connectivity index (χ0v) is 21.1. The molecule has 2 amide bonds. The Morgan fingerprint density at radius 3 is 2.50 bits per heavy atom. The monoisotopic (exact) mass is 476 g/mol. The van der Waals surface area contributed by atoms with E-state index >= 15 is 0 Å². The fourth-order valence-electron chi connectivity index (χ4n) is 4.64. The van der Waals surface area contributed by atoms with Crippen molar-refractivity contribution in [1.82, 2.24) is 9.80 Å². The number of carbonyl (C=O) groups excluding carboxylic acids is 2. The summed E-state index contributed by atoms with van der Waals surface area (Å²) in [7, 11) is 1.60. The van der Waals surface area contributed by atoms with Gasteiger partial charge in [-0.3, -0.25) is 9.59 Å². The molecule has 1 aromatic heterocycles. The van der Waals surface area contributed by atoms with Crippen molar-refractivity contribution in [1.29, 1.82) is 0 Å². The van der Waals surface area contributed by atoms with E-state index in [1.165, 1.54) is 10.4 Å². The van der Waals surface area contributed by atoms with Gasteiger partial charge in [-0.1, -0.05) is 38.1 Å². The van der Waals surface area contributed by atoms with Gasteiger partial charge in [0.25, 0.3) is 5.91 Å². The maximum Gasteiger partial charge on any atom is 0.254 e. The number of thiophene rings is 1. The van der Waals surface area contributed by atoms with E-state index in [2.05, 4.69) is 44.4 Å². The van der Waals surface area contributed by atoms with Crippen LogP contribution in [-0.2, 0) is 11.2 Å². The molecule has 0 radical (unpaired) electrons. The first-order valence-electron chi connectivity index (χ1n) is 11.7. The molecule has 2 aromatic carbocycles. The average Bonchev–Trinajstić information content (AvgIpc) is 3.32. The van der Waals surface area contributed by atoms with Crippen molar-refractivity contribution < 1.29 is 14.3 Å². The van der Waals surface area contributed by atoms with Gasteiger partial charge in [-0.05, 0) is 71.7 Å². The minimum Gasteiger partial charge on any atom is -0.497 e. The third kappa shape index (κ3) is 5.02. The third-order valence-electron chi connectivity index (χ3n) is 6.31. The fraction of sp³-hybridized carbons (Fsp3) is 0.357. The summed E-state index contributed by atoms with van der Waals surface area (Å²) >= 11 is 1.76. The molecule has 0 saturated heterocycles.